The first-order chi connectivity index (χ1) is 6.74. The zero-order chi connectivity index (χ0) is 10.1. The topological polar surface area (TPSA) is 0 Å². The summed E-state index contributed by atoms with van der Waals surface area (Å²) in [6.45, 7) is 2.20. The Kier molecular flexibility index (Phi) is 2.86. The first-order valence-electron chi connectivity index (χ1n) is 4.79. The van der Waals surface area contributed by atoms with Gasteiger partial charge in [-0.05, 0) is 33.4 Å². The normalized spacial score (nSPS) is 10.8. The summed E-state index contributed by atoms with van der Waals surface area (Å²) >= 11 is 0. The van der Waals surface area contributed by atoms with Crippen LogP contribution in [0.25, 0.3) is 10.8 Å². The molecule has 72 valence electrons. The summed E-state index contributed by atoms with van der Waals surface area (Å²) in [6.07, 6.45) is 1.09. The van der Waals surface area contributed by atoms with Crippen LogP contribution in [0.1, 0.15) is 12.5 Å². The highest BCUT2D eigenvalue weighted by atomic mass is 31.0. The molecule has 2 heteroatoms. The highest BCUT2D eigenvalue weighted by Gasteiger charge is 2.03. The molecule has 0 radical (unpaired) electrons. The highest BCUT2D eigenvalue weighted by Crippen LogP contribution is 2.19. The molecule has 0 saturated heterocycles. The van der Waals surface area contributed by atoms with Gasteiger partial charge in [-0.1, -0.05) is 37.3 Å². The van der Waals surface area contributed by atoms with Gasteiger partial charge in [0.2, 0.25) is 0 Å². The number of benzene rings is 2. The maximum Gasteiger partial charge on any atom is -0.00740 e. The van der Waals surface area contributed by atoms with Crippen molar-refractivity contribution < 1.29 is 0 Å². The average Bonchev–Trinajstić information content (AvgIpc) is 2.23. The Morgan fingerprint density at radius 2 is 1.71 bits per heavy atom. The Morgan fingerprint density at radius 1 is 1.00 bits per heavy atom. The molecular weight excluding hydrogens is 206 g/mol. The average molecular weight is 220 g/mol. The molecule has 0 amide bonds. The van der Waals surface area contributed by atoms with Gasteiger partial charge in [0.1, 0.15) is 0 Å². The molecule has 2 aromatic carbocycles. The van der Waals surface area contributed by atoms with Crippen LogP contribution < -0.4 is 10.6 Å². The molecule has 0 aliphatic heterocycles. The second kappa shape index (κ2) is 3.97. The molecule has 14 heavy (non-hydrogen) atoms. The summed E-state index contributed by atoms with van der Waals surface area (Å²) in [5.41, 5.74) is 1.43. The van der Waals surface area contributed by atoms with Crippen molar-refractivity contribution in [3.05, 3.63) is 35.9 Å². The van der Waals surface area contributed by atoms with Crippen molar-refractivity contribution in [2.75, 3.05) is 0 Å². The molecule has 0 aliphatic rings. The Bertz CT molecular complexity index is 475. The monoisotopic (exact) mass is 220 g/mol. The maximum atomic E-state index is 2.82. The lowest BCUT2D eigenvalue weighted by Crippen LogP contribution is -2.04. The first kappa shape index (κ1) is 10.1. The van der Waals surface area contributed by atoms with Crippen LogP contribution in [-0.4, -0.2) is 0 Å². The van der Waals surface area contributed by atoms with Gasteiger partial charge in [-0.15, -0.1) is 18.5 Å². The van der Waals surface area contributed by atoms with Gasteiger partial charge in [0.05, 0.1) is 0 Å². The minimum absolute atomic E-state index is 1.09. The molecule has 0 saturated carbocycles. The number of rotatable bonds is 1. The second-order valence-corrected chi connectivity index (χ2v) is 4.68. The van der Waals surface area contributed by atoms with Crippen molar-refractivity contribution in [1.82, 2.24) is 0 Å². The fraction of sp³-hybridized carbons (Fsp3) is 0.167. The summed E-state index contributed by atoms with van der Waals surface area (Å²) in [4.78, 5) is 0. The van der Waals surface area contributed by atoms with E-state index in [0.717, 1.165) is 6.42 Å². The third-order valence-corrected chi connectivity index (χ3v) is 3.56. The molecule has 0 aliphatic carbocycles. The van der Waals surface area contributed by atoms with Crippen LogP contribution >= 0.6 is 18.5 Å². The van der Waals surface area contributed by atoms with E-state index in [-0.39, 0.29) is 0 Å². The molecule has 0 heterocycles. The van der Waals surface area contributed by atoms with Crippen LogP contribution in [0.5, 0.6) is 0 Å². The van der Waals surface area contributed by atoms with E-state index in [2.05, 4.69) is 55.7 Å². The molecule has 0 bridgehead atoms. The van der Waals surface area contributed by atoms with Crippen molar-refractivity contribution >= 4 is 39.9 Å². The fourth-order valence-electron chi connectivity index (χ4n) is 1.83. The van der Waals surface area contributed by atoms with Crippen LogP contribution in [0.15, 0.2) is 30.3 Å². The highest BCUT2D eigenvalue weighted by molar-refractivity contribution is 7.29. The molecule has 0 fully saturated rings. The van der Waals surface area contributed by atoms with E-state index in [1.165, 1.54) is 26.9 Å². The zero-order valence-electron chi connectivity index (χ0n) is 8.25. The number of fused-ring (bicyclic) bond motifs is 1. The van der Waals surface area contributed by atoms with Gasteiger partial charge in [0, 0.05) is 0 Å². The Balaban J connectivity index is 2.92. The predicted octanol–water partition coefficient (Wildman–Crippen LogP) is 2.40. The second-order valence-electron chi connectivity index (χ2n) is 3.44. The largest absolute Gasteiger partial charge is 0.105 e. The van der Waals surface area contributed by atoms with Gasteiger partial charge in [-0.2, -0.15) is 0 Å². The summed E-state index contributed by atoms with van der Waals surface area (Å²) in [5, 5.41) is 5.32. The zero-order valence-corrected chi connectivity index (χ0v) is 10.6. The van der Waals surface area contributed by atoms with E-state index >= 15 is 0 Å². The third kappa shape index (κ3) is 1.58. The lowest BCUT2D eigenvalue weighted by molar-refractivity contribution is 1.16. The maximum absolute atomic E-state index is 2.82. The Labute approximate surface area is 89.5 Å². The van der Waals surface area contributed by atoms with Gasteiger partial charge >= 0.3 is 0 Å². The number of hydrogen-bond donors (Lipinski definition) is 0. The van der Waals surface area contributed by atoms with Gasteiger partial charge in [0.25, 0.3) is 0 Å². The molecule has 2 unspecified atom stereocenters. The molecule has 0 nitrogen and oxygen atoms in total. The van der Waals surface area contributed by atoms with E-state index in [1.54, 1.807) is 0 Å². The van der Waals surface area contributed by atoms with Crippen molar-refractivity contribution in [2.24, 2.45) is 0 Å². The quantitative estimate of drug-likeness (QED) is 0.647. The first-order valence-corrected chi connectivity index (χ1v) is 5.95. The summed E-state index contributed by atoms with van der Waals surface area (Å²) in [6, 6.07) is 10.8. The molecule has 0 aromatic heterocycles. The van der Waals surface area contributed by atoms with Crippen LogP contribution in [0.2, 0.25) is 0 Å². The third-order valence-electron chi connectivity index (χ3n) is 2.57. The Hall–Kier alpha value is -0.440. The van der Waals surface area contributed by atoms with Gasteiger partial charge < -0.3 is 0 Å². The van der Waals surface area contributed by atoms with Gasteiger partial charge in [-0.25, -0.2) is 0 Å². The van der Waals surface area contributed by atoms with Crippen molar-refractivity contribution in [2.45, 2.75) is 13.3 Å². The van der Waals surface area contributed by atoms with Crippen LogP contribution in [0.3, 0.4) is 0 Å². The summed E-state index contributed by atoms with van der Waals surface area (Å²) < 4.78 is 0. The molecule has 0 N–H and O–H groups in total. The predicted molar refractivity (Wildman–Crippen MR) is 72.0 cm³/mol. The molecule has 0 spiro atoms. The SMILES string of the molecule is CCc1cccc2c(P)ccc(P)c12. The van der Waals surface area contributed by atoms with E-state index in [4.69, 9.17) is 0 Å². The van der Waals surface area contributed by atoms with E-state index in [9.17, 15) is 0 Å². The summed E-state index contributed by atoms with van der Waals surface area (Å²) in [7, 11) is 5.62. The molecule has 2 atom stereocenters. The molecule has 2 aromatic rings. The molecule has 2 rings (SSSR count). The van der Waals surface area contributed by atoms with E-state index < -0.39 is 0 Å². The Morgan fingerprint density at radius 3 is 2.43 bits per heavy atom. The number of hydrogen-bond acceptors (Lipinski definition) is 0. The fourth-order valence-corrected chi connectivity index (χ4v) is 2.60. The van der Waals surface area contributed by atoms with Crippen LogP contribution in [-0.2, 0) is 6.42 Å². The van der Waals surface area contributed by atoms with E-state index in [1.807, 2.05) is 0 Å². The lowest BCUT2D eigenvalue weighted by atomic mass is 10.0. The number of aryl methyl sites for hydroxylation is 1. The molecular formula is C12H14P2. The minimum Gasteiger partial charge on any atom is -0.105 e. The van der Waals surface area contributed by atoms with Crippen LogP contribution in [0, 0.1) is 0 Å². The van der Waals surface area contributed by atoms with Gasteiger partial charge in [0.15, 0.2) is 0 Å². The van der Waals surface area contributed by atoms with Crippen molar-refractivity contribution in [3.63, 3.8) is 0 Å². The van der Waals surface area contributed by atoms with Gasteiger partial charge in [-0.3, -0.25) is 0 Å². The minimum atomic E-state index is 1.09. The smallest absolute Gasteiger partial charge is 0.00740 e. The lowest BCUT2D eigenvalue weighted by Gasteiger charge is -2.09. The van der Waals surface area contributed by atoms with Crippen molar-refractivity contribution in [1.29, 1.82) is 0 Å². The standard InChI is InChI=1S/C12H14P2/c1-2-8-4-3-5-9-10(13)6-7-11(14)12(8)9/h3-7H,2,13-14H2,1H3. The van der Waals surface area contributed by atoms with Crippen LogP contribution in [0.4, 0.5) is 0 Å². The van der Waals surface area contributed by atoms with E-state index in [0.29, 0.717) is 0 Å². The summed E-state index contributed by atoms with van der Waals surface area (Å²) in [5.74, 6) is 0. The van der Waals surface area contributed by atoms with Crippen molar-refractivity contribution in [3.8, 4) is 0 Å².